The van der Waals surface area contributed by atoms with Gasteiger partial charge in [-0.05, 0) is 25.8 Å². The van der Waals surface area contributed by atoms with Gasteiger partial charge in [0.1, 0.15) is 0 Å². The quantitative estimate of drug-likeness (QED) is 0.703. The van der Waals surface area contributed by atoms with Crippen LogP contribution in [0.25, 0.3) is 11.1 Å². The highest BCUT2D eigenvalue weighted by molar-refractivity contribution is 5.78. The predicted molar refractivity (Wildman–Crippen MR) is 58.7 cm³/mol. The summed E-state index contributed by atoms with van der Waals surface area (Å²) in [4.78, 5) is 0. The molecule has 2 rings (SSSR count). The lowest BCUT2D eigenvalue weighted by atomic mass is 10.1. The third kappa shape index (κ3) is 1.26. The van der Waals surface area contributed by atoms with E-state index in [1.807, 2.05) is 12.3 Å². The molecule has 0 aromatic carbocycles. The normalized spacial score (nSPS) is 12.1. The molecule has 0 saturated heterocycles. The second kappa shape index (κ2) is 3.19. The Kier molecular flexibility index (Phi) is 2.14. The Bertz CT molecular complexity index is 397. The summed E-state index contributed by atoms with van der Waals surface area (Å²) in [6.07, 6.45) is 3.99. The largest absolute Gasteiger partial charge is 0.462 e. The number of rotatable bonds is 2. The van der Waals surface area contributed by atoms with Gasteiger partial charge >= 0.3 is 0 Å². The number of fused-ring (bicyclic) bond motifs is 1. The minimum atomic E-state index is 0.489. The van der Waals surface area contributed by atoms with E-state index in [1.54, 1.807) is 0 Å². The zero-order valence-corrected chi connectivity index (χ0v) is 9.24. The average molecular weight is 191 g/mol. The fourth-order valence-corrected chi connectivity index (χ4v) is 1.84. The summed E-state index contributed by atoms with van der Waals surface area (Å²) >= 11 is 0. The van der Waals surface area contributed by atoms with Crippen molar-refractivity contribution in [1.29, 1.82) is 0 Å². The van der Waals surface area contributed by atoms with E-state index >= 15 is 0 Å². The summed E-state index contributed by atoms with van der Waals surface area (Å²) in [5.74, 6) is 0.517. The van der Waals surface area contributed by atoms with Crippen LogP contribution in [0.4, 0.5) is 0 Å². The molecule has 2 heteroatoms. The summed E-state index contributed by atoms with van der Waals surface area (Å²) in [6.45, 7) is 8.77. The van der Waals surface area contributed by atoms with Crippen LogP contribution in [0.3, 0.4) is 0 Å². The van der Waals surface area contributed by atoms with Crippen molar-refractivity contribution in [2.75, 3.05) is 0 Å². The van der Waals surface area contributed by atoms with E-state index in [0.717, 1.165) is 5.58 Å². The molecule has 0 bridgehead atoms. The first-order valence-electron chi connectivity index (χ1n) is 5.19. The van der Waals surface area contributed by atoms with Gasteiger partial charge in [0.2, 0.25) is 0 Å². The monoisotopic (exact) mass is 191 g/mol. The highest BCUT2D eigenvalue weighted by Gasteiger charge is 2.14. The second-order valence-corrected chi connectivity index (χ2v) is 4.38. The molecule has 2 aromatic heterocycles. The van der Waals surface area contributed by atoms with Gasteiger partial charge in [0.15, 0.2) is 5.58 Å². The molecule has 2 heterocycles. The molecular formula is C12H17NO. The van der Waals surface area contributed by atoms with Crippen LogP contribution >= 0.6 is 0 Å². The number of nitrogens with zero attached hydrogens (tertiary/aromatic N) is 1. The lowest BCUT2D eigenvalue weighted by Crippen LogP contribution is -2.00. The van der Waals surface area contributed by atoms with Crippen LogP contribution in [0.2, 0.25) is 0 Å². The molecule has 0 saturated carbocycles. The van der Waals surface area contributed by atoms with Gasteiger partial charge in [0, 0.05) is 17.8 Å². The molecule has 14 heavy (non-hydrogen) atoms. The first kappa shape index (κ1) is 9.38. The topological polar surface area (TPSA) is 18.1 Å². The summed E-state index contributed by atoms with van der Waals surface area (Å²) in [5, 5.41) is 0. The van der Waals surface area contributed by atoms with E-state index in [4.69, 9.17) is 4.42 Å². The highest BCUT2D eigenvalue weighted by Crippen LogP contribution is 2.30. The first-order valence-corrected chi connectivity index (χ1v) is 5.19. The fraction of sp³-hybridized carbons (Fsp3) is 0.500. The maximum Gasteiger partial charge on any atom is 0.152 e. The van der Waals surface area contributed by atoms with E-state index in [1.165, 1.54) is 11.1 Å². The van der Waals surface area contributed by atoms with E-state index in [0.29, 0.717) is 12.0 Å². The minimum Gasteiger partial charge on any atom is -0.462 e. The lowest BCUT2D eigenvalue weighted by molar-refractivity contribution is 0.607. The zero-order valence-electron chi connectivity index (χ0n) is 9.24. The van der Waals surface area contributed by atoms with E-state index < -0.39 is 0 Å². The summed E-state index contributed by atoms with van der Waals surface area (Å²) in [5.41, 5.74) is 3.57. The Morgan fingerprint density at radius 2 is 1.93 bits per heavy atom. The van der Waals surface area contributed by atoms with Crippen LogP contribution in [-0.2, 0) is 0 Å². The Labute approximate surface area is 84.5 Å². The Balaban J connectivity index is 2.67. The van der Waals surface area contributed by atoms with E-state index in [-0.39, 0.29) is 0 Å². The summed E-state index contributed by atoms with van der Waals surface area (Å²) in [7, 11) is 0. The molecule has 0 aliphatic rings. The molecule has 0 aliphatic carbocycles. The molecule has 0 N–H and O–H groups in total. The van der Waals surface area contributed by atoms with Gasteiger partial charge in [-0.25, -0.2) is 0 Å². The van der Waals surface area contributed by atoms with Gasteiger partial charge in [0.25, 0.3) is 0 Å². The molecule has 0 radical (unpaired) electrons. The fourth-order valence-electron chi connectivity index (χ4n) is 1.84. The van der Waals surface area contributed by atoms with Gasteiger partial charge in [0.05, 0.1) is 11.8 Å². The second-order valence-electron chi connectivity index (χ2n) is 4.38. The highest BCUT2D eigenvalue weighted by atomic mass is 16.3. The zero-order chi connectivity index (χ0) is 10.3. The molecule has 2 nitrogen and oxygen atoms in total. The van der Waals surface area contributed by atoms with Crippen LogP contribution in [0, 0.1) is 0 Å². The standard InChI is InChI=1S/C12H17NO/c1-8(2)10-7-14-11-5-6-13(9(3)4)12(10)11/h5-9H,1-4H3. The van der Waals surface area contributed by atoms with Crippen molar-refractivity contribution in [2.45, 2.75) is 39.7 Å². The van der Waals surface area contributed by atoms with Crippen LogP contribution in [0.5, 0.6) is 0 Å². The number of furan rings is 1. The van der Waals surface area contributed by atoms with Crippen molar-refractivity contribution in [2.24, 2.45) is 0 Å². The number of hydrogen-bond acceptors (Lipinski definition) is 1. The van der Waals surface area contributed by atoms with Crippen molar-refractivity contribution in [3.8, 4) is 0 Å². The van der Waals surface area contributed by atoms with Gasteiger partial charge in [-0.2, -0.15) is 0 Å². The predicted octanol–water partition coefficient (Wildman–Crippen LogP) is 3.94. The maximum atomic E-state index is 5.52. The maximum absolute atomic E-state index is 5.52. The molecule has 0 spiro atoms. The third-order valence-electron chi connectivity index (χ3n) is 2.64. The van der Waals surface area contributed by atoms with Gasteiger partial charge in [-0.15, -0.1) is 0 Å². The SMILES string of the molecule is CC(C)c1coc2ccn(C(C)C)c12. The third-order valence-corrected chi connectivity index (χ3v) is 2.64. The summed E-state index contributed by atoms with van der Waals surface area (Å²) < 4.78 is 7.79. The van der Waals surface area contributed by atoms with E-state index in [2.05, 4.69) is 38.5 Å². The number of hydrogen-bond donors (Lipinski definition) is 0. The molecule has 2 aromatic rings. The Morgan fingerprint density at radius 1 is 1.21 bits per heavy atom. The smallest absolute Gasteiger partial charge is 0.152 e. The molecule has 0 amide bonds. The van der Waals surface area contributed by atoms with Crippen LogP contribution in [0.1, 0.15) is 45.2 Å². The van der Waals surface area contributed by atoms with Crippen LogP contribution in [0.15, 0.2) is 22.9 Å². The average Bonchev–Trinajstić information content (AvgIpc) is 2.59. The molecule has 0 fully saturated rings. The number of aromatic nitrogens is 1. The van der Waals surface area contributed by atoms with Gasteiger partial charge in [-0.1, -0.05) is 13.8 Å². The van der Waals surface area contributed by atoms with Gasteiger partial charge < -0.3 is 8.98 Å². The molecule has 0 atom stereocenters. The van der Waals surface area contributed by atoms with Crippen molar-refractivity contribution in [3.05, 3.63) is 24.1 Å². The van der Waals surface area contributed by atoms with Crippen LogP contribution < -0.4 is 0 Å². The Hall–Kier alpha value is -1.18. The molecule has 76 valence electrons. The summed E-state index contributed by atoms with van der Waals surface area (Å²) in [6, 6.07) is 2.53. The molecule has 0 aliphatic heterocycles. The van der Waals surface area contributed by atoms with Crippen molar-refractivity contribution < 1.29 is 4.42 Å². The molecular weight excluding hydrogens is 174 g/mol. The first-order chi connectivity index (χ1) is 6.61. The van der Waals surface area contributed by atoms with Gasteiger partial charge in [-0.3, -0.25) is 0 Å². The van der Waals surface area contributed by atoms with Crippen molar-refractivity contribution in [3.63, 3.8) is 0 Å². The van der Waals surface area contributed by atoms with Crippen molar-refractivity contribution in [1.82, 2.24) is 4.57 Å². The van der Waals surface area contributed by atoms with E-state index in [9.17, 15) is 0 Å². The Morgan fingerprint density at radius 3 is 2.50 bits per heavy atom. The minimum absolute atomic E-state index is 0.489. The van der Waals surface area contributed by atoms with Crippen LogP contribution in [-0.4, -0.2) is 4.57 Å². The van der Waals surface area contributed by atoms with Crippen molar-refractivity contribution >= 4 is 11.1 Å². The lowest BCUT2D eigenvalue weighted by Gasteiger charge is -2.10. The molecule has 0 unspecified atom stereocenters.